The highest BCUT2D eigenvalue weighted by Crippen LogP contribution is 2.14. The number of pyridine rings is 1. The minimum atomic E-state index is 0.769. The number of nitrogens with one attached hydrogen (secondary N) is 1. The lowest BCUT2D eigenvalue weighted by Gasteiger charge is -2.16. The van der Waals surface area contributed by atoms with Crippen molar-refractivity contribution >= 4 is 16.7 Å². The van der Waals surface area contributed by atoms with Gasteiger partial charge in [0.25, 0.3) is 0 Å². The SMILES string of the molecule is COCCN(C)CCNc1ccc2ccccc2n1. The van der Waals surface area contributed by atoms with Gasteiger partial charge in [0.2, 0.25) is 0 Å². The highest BCUT2D eigenvalue weighted by Gasteiger charge is 1.99. The molecule has 0 unspecified atom stereocenters. The molecule has 1 aromatic heterocycles. The van der Waals surface area contributed by atoms with E-state index in [0.717, 1.165) is 37.6 Å². The van der Waals surface area contributed by atoms with Crippen LogP contribution in [-0.2, 0) is 4.74 Å². The van der Waals surface area contributed by atoms with Crippen molar-refractivity contribution < 1.29 is 4.74 Å². The second-order valence-corrected chi connectivity index (χ2v) is 4.61. The summed E-state index contributed by atoms with van der Waals surface area (Å²) < 4.78 is 5.05. The Morgan fingerprint density at radius 3 is 2.84 bits per heavy atom. The molecule has 0 radical (unpaired) electrons. The Hall–Kier alpha value is -1.65. The van der Waals surface area contributed by atoms with Crippen LogP contribution in [0.4, 0.5) is 5.82 Å². The molecule has 2 aromatic rings. The van der Waals surface area contributed by atoms with Gasteiger partial charge in [-0.2, -0.15) is 0 Å². The maximum Gasteiger partial charge on any atom is 0.126 e. The van der Waals surface area contributed by atoms with Crippen LogP contribution >= 0.6 is 0 Å². The summed E-state index contributed by atoms with van der Waals surface area (Å²) in [6, 6.07) is 12.3. The van der Waals surface area contributed by atoms with E-state index in [1.165, 1.54) is 5.39 Å². The van der Waals surface area contributed by atoms with Crippen molar-refractivity contribution in [2.24, 2.45) is 0 Å². The summed E-state index contributed by atoms with van der Waals surface area (Å²) >= 11 is 0. The lowest BCUT2D eigenvalue weighted by Crippen LogP contribution is -2.28. The molecule has 0 bridgehead atoms. The van der Waals surface area contributed by atoms with E-state index in [9.17, 15) is 0 Å². The minimum absolute atomic E-state index is 0.769. The van der Waals surface area contributed by atoms with Crippen molar-refractivity contribution in [2.45, 2.75) is 0 Å². The molecule has 4 nitrogen and oxygen atoms in total. The topological polar surface area (TPSA) is 37.4 Å². The van der Waals surface area contributed by atoms with Crippen molar-refractivity contribution in [1.82, 2.24) is 9.88 Å². The average molecular weight is 259 g/mol. The first-order chi connectivity index (χ1) is 9.29. The molecule has 4 heteroatoms. The van der Waals surface area contributed by atoms with Crippen LogP contribution in [-0.4, -0.2) is 50.3 Å². The molecule has 1 aromatic carbocycles. The number of rotatable bonds is 7. The van der Waals surface area contributed by atoms with Gasteiger partial charge in [0.05, 0.1) is 12.1 Å². The van der Waals surface area contributed by atoms with Gasteiger partial charge in [0, 0.05) is 32.1 Å². The van der Waals surface area contributed by atoms with Gasteiger partial charge in [-0.15, -0.1) is 0 Å². The third-order valence-corrected chi connectivity index (χ3v) is 3.08. The van der Waals surface area contributed by atoms with E-state index in [4.69, 9.17) is 4.74 Å². The second kappa shape index (κ2) is 7.07. The van der Waals surface area contributed by atoms with Gasteiger partial charge in [-0.1, -0.05) is 18.2 Å². The van der Waals surface area contributed by atoms with E-state index in [-0.39, 0.29) is 0 Å². The van der Waals surface area contributed by atoms with Gasteiger partial charge in [0.15, 0.2) is 0 Å². The summed E-state index contributed by atoms with van der Waals surface area (Å²) in [7, 11) is 3.82. The largest absolute Gasteiger partial charge is 0.383 e. The van der Waals surface area contributed by atoms with E-state index in [2.05, 4.69) is 34.4 Å². The molecule has 0 saturated heterocycles. The van der Waals surface area contributed by atoms with Crippen LogP contribution < -0.4 is 5.32 Å². The standard InChI is InChI=1S/C15H21N3O/c1-18(11-12-19-2)10-9-16-15-8-7-13-5-3-4-6-14(13)17-15/h3-8H,9-12H2,1-2H3,(H,16,17). The highest BCUT2D eigenvalue weighted by molar-refractivity contribution is 5.79. The quantitative estimate of drug-likeness (QED) is 0.827. The summed E-state index contributed by atoms with van der Waals surface area (Å²) in [6.07, 6.45) is 0. The monoisotopic (exact) mass is 259 g/mol. The maximum atomic E-state index is 5.05. The van der Waals surface area contributed by atoms with Gasteiger partial charge in [-0.25, -0.2) is 4.98 Å². The van der Waals surface area contributed by atoms with Crippen LogP contribution in [0.3, 0.4) is 0 Å². The van der Waals surface area contributed by atoms with E-state index >= 15 is 0 Å². The molecule has 0 aliphatic carbocycles. The zero-order valence-corrected chi connectivity index (χ0v) is 11.6. The number of anilines is 1. The number of ether oxygens (including phenoxy) is 1. The van der Waals surface area contributed by atoms with Crippen LogP contribution in [0.2, 0.25) is 0 Å². The van der Waals surface area contributed by atoms with E-state index < -0.39 is 0 Å². The van der Waals surface area contributed by atoms with Crippen LogP contribution in [0.15, 0.2) is 36.4 Å². The Bertz CT molecular complexity index is 515. The minimum Gasteiger partial charge on any atom is -0.383 e. The molecule has 0 amide bonds. The zero-order valence-electron chi connectivity index (χ0n) is 11.6. The van der Waals surface area contributed by atoms with Crippen molar-refractivity contribution in [2.75, 3.05) is 45.7 Å². The first kappa shape index (κ1) is 13.8. The molecule has 1 N–H and O–H groups in total. The molecule has 0 spiro atoms. The van der Waals surface area contributed by atoms with E-state index in [0.29, 0.717) is 0 Å². The summed E-state index contributed by atoms with van der Waals surface area (Å²) in [5, 5.41) is 4.52. The molecule has 19 heavy (non-hydrogen) atoms. The predicted molar refractivity (Wildman–Crippen MR) is 79.6 cm³/mol. The Kier molecular flexibility index (Phi) is 5.12. The fourth-order valence-corrected chi connectivity index (χ4v) is 1.90. The third kappa shape index (κ3) is 4.19. The maximum absolute atomic E-state index is 5.05. The lowest BCUT2D eigenvalue weighted by atomic mass is 10.2. The molecular formula is C15H21N3O. The molecule has 1 heterocycles. The number of para-hydroxylation sites is 1. The smallest absolute Gasteiger partial charge is 0.126 e. The summed E-state index contributed by atoms with van der Waals surface area (Å²) in [5.74, 6) is 0.929. The van der Waals surface area contributed by atoms with Crippen LogP contribution in [0.5, 0.6) is 0 Å². The average Bonchev–Trinajstić information content (AvgIpc) is 2.45. The van der Waals surface area contributed by atoms with Crippen molar-refractivity contribution in [3.8, 4) is 0 Å². The van der Waals surface area contributed by atoms with Gasteiger partial charge >= 0.3 is 0 Å². The normalized spacial score (nSPS) is 11.1. The zero-order chi connectivity index (χ0) is 13.5. The van der Waals surface area contributed by atoms with Gasteiger partial charge in [-0.05, 0) is 25.2 Å². The van der Waals surface area contributed by atoms with E-state index in [1.54, 1.807) is 7.11 Å². The number of benzene rings is 1. The van der Waals surface area contributed by atoms with Crippen molar-refractivity contribution in [3.63, 3.8) is 0 Å². The Labute approximate surface area is 114 Å². The number of hydrogen-bond acceptors (Lipinski definition) is 4. The van der Waals surface area contributed by atoms with Gasteiger partial charge in [0.1, 0.15) is 5.82 Å². The molecule has 0 aliphatic heterocycles. The number of nitrogens with zero attached hydrogens (tertiary/aromatic N) is 2. The lowest BCUT2D eigenvalue weighted by molar-refractivity contribution is 0.163. The summed E-state index contributed by atoms with van der Waals surface area (Å²) in [6.45, 7) is 3.57. The molecular weight excluding hydrogens is 238 g/mol. The number of fused-ring (bicyclic) bond motifs is 1. The van der Waals surface area contributed by atoms with Gasteiger partial charge < -0.3 is 15.0 Å². The summed E-state index contributed by atoms with van der Waals surface area (Å²) in [4.78, 5) is 6.81. The Balaban J connectivity index is 1.84. The fraction of sp³-hybridized carbons (Fsp3) is 0.400. The summed E-state index contributed by atoms with van der Waals surface area (Å²) in [5.41, 5.74) is 1.03. The first-order valence-electron chi connectivity index (χ1n) is 6.57. The first-order valence-corrected chi connectivity index (χ1v) is 6.57. The molecule has 2 rings (SSSR count). The number of aromatic nitrogens is 1. The van der Waals surface area contributed by atoms with Crippen LogP contribution in [0, 0.1) is 0 Å². The van der Waals surface area contributed by atoms with Crippen molar-refractivity contribution in [1.29, 1.82) is 0 Å². The Morgan fingerprint density at radius 2 is 2.00 bits per heavy atom. The van der Waals surface area contributed by atoms with Crippen LogP contribution in [0.1, 0.15) is 0 Å². The van der Waals surface area contributed by atoms with Crippen molar-refractivity contribution in [3.05, 3.63) is 36.4 Å². The number of hydrogen-bond donors (Lipinski definition) is 1. The predicted octanol–water partition coefficient (Wildman–Crippen LogP) is 2.22. The second-order valence-electron chi connectivity index (χ2n) is 4.61. The number of methoxy groups -OCH3 is 1. The Morgan fingerprint density at radius 1 is 1.16 bits per heavy atom. The third-order valence-electron chi connectivity index (χ3n) is 3.08. The fourth-order valence-electron chi connectivity index (χ4n) is 1.90. The molecule has 0 aliphatic rings. The molecule has 0 atom stereocenters. The molecule has 102 valence electrons. The van der Waals surface area contributed by atoms with E-state index in [1.807, 2.05) is 24.3 Å². The highest BCUT2D eigenvalue weighted by atomic mass is 16.5. The molecule has 0 fully saturated rings. The number of likely N-dealkylation sites (N-methyl/N-ethyl adjacent to an activating group) is 1. The molecule has 0 saturated carbocycles. The van der Waals surface area contributed by atoms with Crippen LogP contribution in [0.25, 0.3) is 10.9 Å². The van der Waals surface area contributed by atoms with Gasteiger partial charge in [-0.3, -0.25) is 0 Å².